The van der Waals surface area contributed by atoms with Gasteiger partial charge in [-0.3, -0.25) is 4.79 Å². The van der Waals surface area contributed by atoms with Crippen LogP contribution in [0.1, 0.15) is 11.7 Å². The molecule has 1 aromatic rings. The van der Waals surface area contributed by atoms with E-state index in [1.54, 1.807) is 24.3 Å². The van der Waals surface area contributed by atoms with E-state index in [9.17, 15) is 14.4 Å². The predicted molar refractivity (Wildman–Crippen MR) is 48.9 cm³/mol. The smallest absolute Gasteiger partial charge is 0.439 e. The van der Waals surface area contributed by atoms with Gasteiger partial charge in [-0.2, -0.15) is 0 Å². The Morgan fingerprint density at radius 3 is 2.62 bits per heavy atom. The fourth-order valence-electron chi connectivity index (χ4n) is 1.74. The molecule has 1 atom stereocenters. The van der Waals surface area contributed by atoms with Crippen LogP contribution in [-0.4, -0.2) is 17.8 Å². The molecule has 0 radical (unpaired) electrons. The van der Waals surface area contributed by atoms with E-state index in [1.165, 1.54) is 0 Å². The first-order chi connectivity index (χ1) is 7.68. The van der Waals surface area contributed by atoms with Crippen LogP contribution in [0.2, 0.25) is 0 Å². The summed E-state index contributed by atoms with van der Waals surface area (Å²) in [6, 6.07) is 6.66. The van der Waals surface area contributed by atoms with Gasteiger partial charge < -0.3 is 9.57 Å². The molecule has 6 heteroatoms. The van der Waals surface area contributed by atoms with E-state index in [1.807, 2.05) is 0 Å². The highest BCUT2D eigenvalue weighted by Crippen LogP contribution is 2.39. The largest absolute Gasteiger partial charge is 0.442 e. The zero-order chi connectivity index (χ0) is 11.3. The number of ether oxygens (including phenoxy) is 1. The molecule has 2 aliphatic heterocycles. The van der Waals surface area contributed by atoms with E-state index in [2.05, 4.69) is 4.84 Å². The van der Waals surface area contributed by atoms with Crippen LogP contribution < -0.4 is 5.06 Å². The van der Waals surface area contributed by atoms with Crippen molar-refractivity contribution in [2.45, 2.75) is 6.10 Å². The third-order valence-electron chi connectivity index (χ3n) is 2.43. The minimum absolute atomic E-state index is 0.429. The quantitative estimate of drug-likeness (QED) is 0.456. The highest BCUT2D eigenvalue weighted by molar-refractivity contribution is 6.31. The molecule has 3 rings (SSSR count). The summed E-state index contributed by atoms with van der Waals surface area (Å²) in [4.78, 5) is 38.5. The summed E-state index contributed by atoms with van der Waals surface area (Å²) in [7, 11) is 0. The Kier molecular flexibility index (Phi) is 1.57. The number of para-hydroxylation sites is 1. The van der Waals surface area contributed by atoms with Crippen LogP contribution in [0, 0.1) is 0 Å². The summed E-state index contributed by atoms with van der Waals surface area (Å²) >= 11 is 0. The van der Waals surface area contributed by atoms with E-state index in [4.69, 9.17) is 4.74 Å². The van der Waals surface area contributed by atoms with Crippen LogP contribution >= 0.6 is 0 Å². The van der Waals surface area contributed by atoms with Gasteiger partial charge in [0.2, 0.25) is 6.10 Å². The normalized spacial score (nSPS) is 22.4. The number of fused-ring (bicyclic) bond motifs is 5. The predicted octanol–water partition coefficient (Wildman–Crippen LogP) is 0.0893. The maximum absolute atomic E-state index is 11.7. The maximum Gasteiger partial charge on any atom is 0.442 e. The molecule has 0 saturated carbocycles. The SMILES string of the molecule is O=C1OC2C(=O)N(OC1=O)c1ccccc12. The molecule has 0 spiro atoms. The minimum Gasteiger partial charge on any atom is -0.439 e. The van der Waals surface area contributed by atoms with Gasteiger partial charge in [-0.25, -0.2) is 9.59 Å². The first-order valence-electron chi connectivity index (χ1n) is 4.54. The Hall–Kier alpha value is -2.37. The van der Waals surface area contributed by atoms with Gasteiger partial charge in [0, 0.05) is 5.56 Å². The number of benzene rings is 1. The lowest BCUT2D eigenvalue weighted by molar-refractivity contribution is -0.167. The number of rotatable bonds is 0. The van der Waals surface area contributed by atoms with E-state index in [0.717, 1.165) is 5.06 Å². The van der Waals surface area contributed by atoms with Crippen molar-refractivity contribution in [3.63, 3.8) is 0 Å². The standard InChI is InChI=1S/C10H5NO5/c12-8-7-5-3-1-2-4-6(5)11(8)16-10(14)9(13)15-7/h1-4,7H. The van der Waals surface area contributed by atoms with Crippen LogP contribution in [0.4, 0.5) is 5.69 Å². The van der Waals surface area contributed by atoms with Crippen LogP contribution in [0.15, 0.2) is 24.3 Å². The van der Waals surface area contributed by atoms with E-state index >= 15 is 0 Å². The molecule has 1 fully saturated rings. The van der Waals surface area contributed by atoms with Gasteiger partial charge in [0.05, 0.1) is 5.69 Å². The number of nitrogens with zero attached hydrogens (tertiary/aromatic N) is 1. The Morgan fingerprint density at radius 2 is 1.81 bits per heavy atom. The summed E-state index contributed by atoms with van der Waals surface area (Å²) in [5.74, 6) is -2.92. The molecule has 16 heavy (non-hydrogen) atoms. The second-order valence-corrected chi connectivity index (χ2v) is 3.36. The molecule has 0 aromatic heterocycles. The van der Waals surface area contributed by atoms with Crippen LogP contribution in [0.25, 0.3) is 0 Å². The number of anilines is 1. The Balaban J connectivity index is 2.18. The summed E-state index contributed by atoms with van der Waals surface area (Å²) in [6.07, 6.45) is -1.07. The Morgan fingerprint density at radius 1 is 1.06 bits per heavy atom. The molecule has 6 nitrogen and oxygen atoms in total. The molecule has 1 aromatic carbocycles. The topological polar surface area (TPSA) is 72.9 Å². The average Bonchev–Trinajstić information content (AvgIpc) is 2.47. The molecule has 2 aliphatic rings. The second kappa shape index (κ2) is 2.82. The highest BCUT2D eigenvalue weighted by Gasteiger charge is 2.47. The van der Waals surface area contributed by atoms with E-state index in [-0.39, 0.29) is 0 Å². The Labute approximate surface area is 89.3 Å². The first kappa shape index (κ1) is 8.90. The van der Waals surface area contributed by atoms with Crippen molar-refractivity contribution in [1.82, 2.24) is 0 Å². The van der Waals surface area contributed by atoms with Crippen molar-refractivity contribution in [2.24, 2.45) is 0 Å². The summed E-state index contributed by atoms with van der Waals surface area (Å²) in [5, 5.41) is 0.799. The van der Waals surface area contributed by atoms with Gasteiger partial charge in [-0.05, 0) is 6.07 Å². The van der Waals surface area contributed by atoms with E-state index < -0.39 is 23.9 Å². The van der Waals surface area contributed by atoms with Crippen molar-refractivity contribution in [3.05, 3.63) is 29.8 Å². The van der Waals surface area contributed by atoms with Crippen molar-refractivity contribution in [1.29, 1.82) is 0 Å². The Bertz CT molecular complexity index is 479. The molecule has 1 saturated heterocycles. The highest BCUT2D eigenvalue weighted by atomic mass is 16.7. The maximum atomic E-state index is 11.7. The third kappa shape index (κ3) is 0.979. The van der Waals surface area contributed by atoms with Crippen LogP contribution in [-0.2, 0) is 24.0 Å². The molecular weight excluding hydrogens is 214 g/mol. The fraction of sp³-hybridized carbons (Fsp3) is 0.100. The monoisotopic (exact) mass is 219 g/mol. The zero-order valence-electron chi connectivity index (χ0n) is 7.88. The minimum atomic E-state index is -1.19. The van der Waals surface area contributed by atoms with Crippen molar-refractivity contribution in [3.8, 4) is 0 Å². The first-order valence-corrected chi connectivity index (χ1v) is 4.54. The molecule has 0 aliphatic carbocycles. The lowest BCUT2D eigenvalue weighted by Gasteiger charge is -2.13. The molecule has 80 valence electrons. The van der Waals surface area contributed by atoms with Gasteiger partial charge in [0.15, 0.2) is 0 Å². The lowest BCUT2D eigenvalue weighted by Crippen LogP contribution is -2.30. The van der Waals surface area contributed by atoms with Crippen molar-refractivity contribution in [2.75, 3.05) is 5.06 Å². The molecular formula is C10H5NO5. The summed E-state index contributed by atoms with van der Waals surface area (Å²) < 4.78 is 4.75. The van der Waals surface area contributed by atoms with Gasteiger partial charge in [0.25, 0.3) is 0 Å². The van der Waals surface area contributed by atoms with Crippen molar-refractivity contribution >= 4 is 23.5 Å². The molecule has 0 N–H and O–H groups in total. The lowest BCUT2D eigenvalue weighted by atomic mass is 10.1. The number of hydrogen-bond donors (Lipinski definition) is 0. The fourth-order valence-corrected chi connectivity index (χ4v) is 1.74. The second-order valence-electron chi connectivity index (χ2n) is 3.36. The number of esters is 1. The van der Waals surface area contributed by atoms with Gasteiger partial charge in [0.1, 0.15) is 0 Å². The summed E-state index contributed by atoms with van der Waals surface area (Å²) in [6.45, 7) is 0. The van der Waals surface area contributed by atoms with Crippen LogP contribution in [0.5, 0.6) is 0 Å². The molecule has 1 amide bonds. The number of carbonyl (C=O) groups excluding carboxylic acids is 3. The molecule has 2 bridgehead atoms. The van der Waals surface area contributed by atoms with Gasteiger partial charge in [-0.15, -0.1) is 5.06 Å². The van der Waals surface area contributed by atoms with Crippen molar-refractivity contribution < 1.29 is 24.0 Å². The number of carbonyl (C=O) groups is 3. The van der Waals surface area contributed by atoms with Gasteiger partial charge >= 0.3 is 17.8 Å². The summed E-state index contributed by atoms with van der Waals surface area (Å²) in [5.41, 5.74) is 0.951. The van der Waals surface area contributed by atoms with Crippen LogP contribution in [0.3, 0.4) is 0 Å². The number of hydrogen-bond acceptors (Lipinski definition) is 5. The number of amides is 1. The van der Waals surface area contributed by atoms with E-state index in [0.29, 0.717) is 11.3 Å². The molecule has 1 unspecified atom stereocenters. The zero-order valence-corrected chi connectivity index (χ0v) is 7.88. The van der Waals surface area contributed by atoms with Gasteiger partial charge in [-0.1, -0.05) is 18.2 Å². The third-order valence-corrected chi connectivity index (χ3v) is 2.43. The molecule has 2 heterocycles. The average molecular weight is 219 g/mol. The number of hydroxylamine groups is 1.